The van der Waals surface area contributed by atoms with Crippen molar-refractivity contribution in [1.29, 1.82) is 0 Å². The summed E-state index contributed by atoms with van der Waals surface area (Å²) >= 11 is 5.82. The zero-order valence-electron chi connectivity index (χ0n) is 13.0. The summed E-state index contributed by atoms with van der Waals surface area (Å²) in [6, 6.07) is 9.19. The molecule has 1 amide bonds. The van der Waals surface area contributed by atoms with Crippen LogP contribution in [-0.2, 0) is 10.0 Å². The van der Waals surface area contributed by atoms with Gasteiger partial charge in [-0.1, -0.05) is 23.7 Å². The first-order valence-corrected chi connectivity index (χ1v) is 8.88. The topological polar surface area (TPSA) is 80.5 Å². The number of rotatable bonds is 4. The van der Waals surface area contributed by atoms with Gasteiger partial charge in [-0.05, 0) is 42.8 Å². The van der Waals surface area contributed by atoms with Gasteiger partial charge < -0.3 is 4.90 Å². The summed E-state index contributed by atoms with van der Waals surface area (Å²) in [7, 11) is -2.25. The van der Waals surface area contributed by atoms with Gasteiger partial charge in [0.25, 0.3) is 5.91 Å². The summed E-state index contributed by atoms with van der Waals surface area (Å²) in [5.74, 6) is -1.19. The van der Waals surface area contributed by atoms with Gasteiger partial charge in [-0.25, -0.2) is 17.9 Å². The minimum atomic E-state index is -3.78. The van der Waals surface area contributed by atoms with Crippen molar-refractivity contribution in [3.05, 3.63) is 64.4 Å². The highest BCUT2D eigenvalue weighted by molar-refractivity contribution is 7.89. The van der Waals surface area contributed by atoms with Crippen molar-refractivity contribution in [3.63, 3.8) is 0 Å². The van der Waals surface area contributed by atoms with Gasteiger partial charge in [0, 0.05) is 12.1 Å². The molecule has 0 bridgehead atoms. The van der Waals surface area contributed by atoms with Crippen molar-refractivity contribution in [2.45, 2.75) is 17.9 Å². The van der Waals surface area contributed by atoms with Gasteiger partial charge >= 0.3 is 0 Å². The molecule has 2 aromatic carbocycles. The minimum Gasteiger partial charge on any atom is -0.335 e. The summed E-state index contributed by atoms with van der Waals surface area (Å²) in [5.41, 5.74) is 0.554. The average Bonchev–Trinajstić information content (AvgIpc) is 2.54. The third-order valence-electron chi connectivity index (χ3n) is 3.75. The highest BCUT2D eigenvalue weighted by atomic mass is 35.5. The van der Waals surface area contributed by atoms with Crippen LogP contribution in [0.2, 0.25) is 5.02 Å². The van der Waals surface area contributed by atoms with Gasteiger partial charge in [0.1, 0.15) is 5.82 Å². The smallest absolute Gasteiger partial charge is 0.257 e. The molecule has 0 fully saturated rings. The number of primary sulfonamides is 1. The van der Waals surface area contributed by atoms with Crippen molar-refractivity contribution in [1.82, 2.24) is 4.90 Å². The lowest BCUT2D eigenvalue weighted by Crippen LogP contribution is -2.30. The maximum atomic E-state index is 13.8. The third kappa shape index (κ3) is 3.92. The Hall–Kier alpha value is -1.96. The van der Waals surface area contributed by atoms with Crippen LogP contribution in [0.3, 0.4) is 0 Å². The highest BCUT2D eigenvalue weighted by Crippen LogP contribution is 2.24. The van der Waals surface area contributed by atoms with Crippen LogP contribution < -0.4 is 5.14 Å². The minimum absolute atomic E-state index is 0.0201. The zero-order valence-corrected chi connectivity index (χ0v) is 14.6. The highest BCUT2D eigenvalue weighted by Gasteiger charge is 2.22. The van der Waals surface area contributed by atoms with Crippen LogP contribution in [0.4, 0.5) is 4.39 Å². The molecule has 0 aromatic heterocycles. The van der Waals surface area contributed by atoms with Crippen LogP contribution in [0.25, 0.3) is 0 Å². The van der Waals surface area contributed by atoms with Crippen molar-refractivity contribution in [3.8, 4) is 0 Å². The second-order valence-electron chi connectivity index (χ2n) is 5.33. The van der Waals surface area contributed by atoms with E-state index in [9.17, 15) is 17.6 Å². The number of halogens is 2. The summed E-state index contributed by atoms with van der Waals surface area (Å²) in [6.07, 6.45) is 0. The molecule has 0 saturated heterocycles. The predicted molar refractivity (Wildman–Crippen MR) is 89.7 cm³/mol. The van der Waals surface area contributed by atoms with Crippen LogP contribution in [0, 0.1) is 5.82 Å². The number of carbonyl (C=O) groups excluding carboxylic acids is 1. The van der Waals surface area contributed by atoms with E-state index in [4.69, 9.17) is 16.7 Å². The lowest BCUT2D eigenvalue weighted by Gasteiger charge is -2.25. The summed E-state index contributed by atoms with van der Waals surface area (Å²) in [4.78, 5) is 13.8. The van der Waals surface area contributed by atoms with E-state index in [0.29, 0.717) is 5.56 Å². The first-order chi connectivity index (χ1) is 11.1. The molecule has 0 aliphatic carbocycles. The van der Waals surface area contributed by atoms with Gasteiger partial charge in [-0.3, -0.25) is 4.79 Å². The molecule has 0 radical (unpaired) electrons. The van der Waals surface area contributed by atoms with Gasteiger partial charge in [-0.2, -0.15) is 0 Å². The molecule has 24 heavy (non-hydrogen) atoms. The number of nitrogens with two attached hydrogens (primary N) is 1. The molecular formula is C16H16ClFN2O3S. The lowest BCUT2D eigenvalue weighted by molar-refractivity contribution is 0.0738. The number of hydrogen-bond donors (Lipinski definition) is 1. The molecule has 2 N–H and O–H groups in total. The van der Waals surface area contributed by atoms with Crippen molar-refractivity contribution in [2.24, 2.45) is 5.14 Å². The number of carbonyl (C=O) groups is 1. The molecule has 128 valence electrons. The number of amides is 1. The summed E-state index contributed by atoms with van der Waals surface area (Å²) in [6.45, 7) is 1.74. The molecule has 8 heteroatoms. The Bertz CT molecular complexity index is 869. The molecule has 0 spiro atoms. The maximum absolute atomic E-state index is 13.8. The van der Waals surface area contributed by atoms with Crippen molar-refractivity contribution >= 4 is 27.5 Å². The first kappa shape index (κ1) is 18.4. The Morgan fingerprint density at radius 2 is 1.79 bits per heavy atom. The quantitative estimate of drug-likeness (QED) is 0.898. The lowest BCUT2D eigenvalue weighted by atomic mass is 10.1. The van der Waals surface area contributed by atoms with E-state index in [0.717, 1.165) is 6.07 Å². The van der Waals surface area contributed by atoms with E-state index in [2.05, 4.69) is 0 Å². The second kappa shape index (κ2) is 6.88. The van der Waals surface area contributed by atoms with Crippen LogP contribution in [0.15, 0.2) is 47.4 Å². The number of sulfonamides is 1. The molecule has 5 nitrogen and oxygen atoms in total. The normalized spacial score (nSPS) is 12.7. The monoisotopic (exact) mass is 370 g/mol. The van der Waals surface area contributed by atoms with E-state index in [-0.39, 0.29) is 15.5 Å². The largest absolute Gasteiger partial charge is 0.335 e. The molecule has 0 saturated carbocycles. The molecule has 0 aliphatic rings. The SMILES string of the molecule is C[C@@H](c1ccc(S(N)(=O)=O)cc1)N(C)C(=O)c1cc(Cl)ccc1F. The van der Waals surface area contributed by atoms with Crippen molar-refractivity contribution < 1.29 is 17.6 Å². The Morgan fingerprint density at radius 3 is 2.33 bits per heavy atom. The fraction of sp³-hybridized carbons (Fsp3) is 0.188. The van der Waals surface area contributed by atoms with Gasteiger partial charge in [0.05, 0.1) is 16.5 Å². The zero-order chi connectivity index (χ0) is 18.1. The van der Waals surface area contributed by atoms with Crippen LogP contribution in [-0.4, -0.2) is 26.3 Å². The van der Waals surface area contributed by atoms with Gasteiger partial charge in [0.2, 0.25) is 10.0 Å². The fourth-order valence-electron chi connectivity index (χ4n) is 2.19. The molecular weight excluding hydrogens is 355 g/mol. The number of benzene rings is 2. The molecule has 0 aliphatic heterocycles. The standard InChI is InChI=1S/C16H16ClFN2O3S/c1-10(11-3-6-13(7-4-11)24(19,22)23)20(2)16(21)14-9-12(17)5-8-15(14)18/h3-10H,1-2H3,(H2,19,22,23)/t10-/m0/s1. The molecule has 2 aromatic rings. The van der Waals surface area contributed by atoms with Crippen LogP contribution in [0.5, 0.6) is 0 Å². The Balaban J connectivity index is 2.27. The third-order valence-corrected chi connectivity index (χ3v) is 4.92. The maximum Gasteiger partial charge on any atom is 0.257 e. The summed E-state index contributed by atoms with van der Waals surface area (Å²) < 4.78 is 36.4. The number of nitrogens with zero attached hydrogens (tertiary/aromatic N) is 1. The van der Waals surface area contributed by atoms with E-state index < -0.39 is 27.8 Å². The Morgan fingerprint density at radius 1 is 1.21 bits per heavy atom. The van der Waals surface area contributed by atoms with Crippen LogP contribution >= 0.6 is 11.6 Å². The van der Waals surface area contributed by atoms with Crippen LogP contribution in [0.1, 0.15) is 28.9 Å². The Labute approximate surface area is 144 Å². The molecule has 1 atom stereocenters. The molecule has 0 unspecified atom stereocenters. The first-order valence-electron chi connectivity index (χ1n) is 6.96. The van der Waals surface area contributed by atoms with E-state index in [1.54, 1.807) is 19.1 Å². The number of hydrogen-bond acceptors (Lipinski definition) is 3. The van der Waals surface area contributed by atoms with Gasteiger partial charge in [0.15, 0.2) is 0 Å². The van der Waals surface area contributed by atoms with E-state index in [1.807, 2.05) is 0 Å². The second-order valence-corrected chi connectivity index (χ2v) is 7.33. The van der Waals surface area contributed by atoms with Crippen molar-refractivity contribution in [2.75, 3.05) is 7.05 Å². The van der Waals surface area contributed by atoms with E-state index in [1.165, 1.54) is 36.2 Å². The Kier molecular flexibility index (Phi) is 5.27. The summed E-state index contributed by atoms with van der Waals surface area (Å²) in [5, 5.41) is 5.31. The molecule has 0 heterocycles. The molecule has 2 rings (SSSR count). The van der Waals surface area contributed by atoms with Gasteiger partial charge in [-0.15, -0.1) is 0 Å². The predicted octanol–water partition coefficient (Wildman–Crippen LogP) is 2.96. The average molecular weight is 371 g/mol. The fourth-order valence-corrected chi connectivity index (χ4v) is 2.87. The van der Waals surface area contributed by atoms with E-state index >= 15 is 0 Å².